The van der Waals surface area contributed by atoms with Crippen molar-refractivity contribution in [2.75, 3.05) is 14.2 Å². The van der Waals surface area contributed by atoms with E-state index in [4.69, 9.17) is 26.8 Å². The molecule has 24 heavy (non-hydrogen) atoms. The van der Waals surface area contributed by atoms with Crippen LogP contribution in [0.2, 0.25) is 5.02 Å². The molecule has 0 heterocycles. The molecule has 2 aromatic rings. The fourth-order valence-electron chi connectivity index (χ4n) is 2.23. The van der Waals surface area contributed by atoms with Crippen LogP contribution >= 0.6 is 11.6 Å². The zero-order valence-electron chi connectivity index (χ0n) is 13.2. The van der Waals surface area contributed by atoms with Gasteiger partial charge in [0.05, 0.1) is 19.2 Å². The maximum Gasteiger partial charge on any atom is 0.252 e. The number of benzene rings is 2. The first-order valence-electron chi connectivity index (χ1n) is 7.04. The smallest absolute Gasteiger partial charge is 0.252 e. The molecule has 2 amide bonds. The van der Waals surface area contributed by atoms with Crippen LogP contribution in [0.5, 0.6) is 11.5 Å². The van der Waals surface area contributed by atoms with Gasteiger partial charge in [0.25, 0.3) is 5.91 Å². The maximum absolute atomic E-state index is 12.5. The van der Waals surface area contributed by atoms with E-state index in [9.17, 15) is 9.59 Å². The SMILES string of the molecule is COc1cc(C(=O)N[C@@H](C(N)=O)c2ccccc2)cc(Cl)c1OC. The number of carbonyl (C=O) groups excluding carboxylic acids is 2. The Hall–Kier alpha value is -2.73. The van der Waals surface area contributed by atoms with Gasteiger partial charge in [-0.3, -0.25) is 9.59 Å². The van der Waals surface area contributed by atoms with Crippen molar-refractivity contribution in [3.63, 3.8) is 0 Å². The Morgan fingerprint density at radius 3 is 2.33 bits per heavy atom. The Balaban J connectivity index is 2.31. The Morgan fingerprint density at radius 1 is 1.12 bits per heavy atom. The monoisotopic (exact) mass is 348 g/mol. The molecule has 0 aliphatic heterocycles. The molecule has 0 saturated carbocycles. The van der Waals surface area contributed by atoms with Crippen molar-refractivity contribution >= 4 is 23.4 Å². The fraction of sp³-hybridized carbons (Fsp3) is 0.176. The van der Waals surface area contributed by atoms with Crippen molar-refractivity contribution in [1.82, 2.24) is 5.32 Å². The molecule has 2 aromatic carbocycles. The Bertz CT molecular complexity index is 750. The molecule has 0 aromatic heterocycles. The average Bonchev–Trinajstić information content (AvgIpc) is 2.59. The van der Waals surface area contributed by atoms with Crippen molar-refractivity contribution in [1.29, 1.82) is 0 Å². The van der Waals surface area contributed by atoms with Gasteiger partial charge >= 0.3 is 0 Å². The number of nitrogens with one attached hydrogen (secondary N) is 1. The largest absolute Gasteiger partial charge is 0.493 e. The number of amides is 2. The van der Waals surface area contributed by atoms with Crippen LogP contribution in [0.1, 0.15) is 22.0 Å². The Kier molecular flexibility index (Phi) is 5.65. The second-order valence-electron chi connectivity index (χ2n) is 4.91. The van der Waals surface area contributed by atoms with Gasteiger partial charge in [0.2, 0.25) is 5.91 Å². The summed E-state index contributed by atoms with van der Waals surface area (Å²) < 4.78 is 10.3. The second kappa shape index (κ2) is 7.70. The fourth-order valence-corrected chi connectivity index (χ4v) is 2.52. The van der Waals surface area contributed by atoms with E-state index >= 15 is 0 Å². The summed E-state index contributed by atoms with van der Waals surface area (Å²) in [6.45, 7) is 0. The highest BCUT2D eigenvalue weighted by Crippen LogP contribution is 2.36. The summed E-state index contributed by atoms with van der Waals surface area (Å²) in [6, 6.07) is 10.7. The van der Waals surface area contributed by atoms with Crippen molar-refractivity contribution in [2.45, 2.75) is 6.04 Å². The van der Waals surface area contributed by atoms with Crippen LogP contribution in [0, 0.1) is 0 Å². The van der Waals surface area contributed by atoms with E-state index in [2.05, 4.69) is 5.32 Å². The number of methoxy groups -OCH3 is 2. The van der Waals surface area contributed by atoms with Crippen molar-refractivity contribution in [2.24, 2.45) is 5.73 Å². The minimum Gasteiger partial charge on any atom is -0.493 e. The van der Waals surface area contributed by atoms with E-state index in [0.717, 1.165) is 0 Å². The van der Waals surface area contributed by atoms with Crippen LogP contribution in [-0.2, 0) is 4.79 Å². The summed E-state index contributed by atoms with van der Waals surface area (Å²) >= 11 is 6.10. The standard InChI is InChI=1S/C17H17ClN2O4/c1-23-13-9-11(8-12(18)15(13)24-2)17(22)20-14(16(19)21)10-6-4-3-5-7-10/h3-9,14H,1-2H3,(H2,19,21)(H,20,22)/t14-/m1/s1. The highest BCUT2D eigenvalue weighted by Gasteiger charge is 2.22. The van der Waals surface area contributed by atoms with Gasteiger partial charge in [0.1, 0.15) is 6.04 Å². The number of primary amides is 1. The van der Waals surface area contributed by atoms with Crippen LogP contribution in [0.25, 0.3) is 0 Å². The zero-order valence-corrected chi connectivity index (χ0v) is 14.0. The number of carbonyl (C=O) groups is 2. The van der Waals surface area contributed by atoms with Gasteiger partial charge in [-0.25, -0.2) is 0 Å². The van der Waals surface area contributed by atoms with Gasteiger partial charge in [-0.15, -0.1) is 0 Å². The zero-order chi connectivity index (χ0) is 17.7. The first kappa shape index (κ1) is 17.6. The summed E-state index contributed by atoms with van der Waals surface area (Å²) in [5.74, 6) is -0.539. The lowest BCUT2D eigenvalue weighted by Gasteiger charge is -2.17. The molecule has 0 saturated heterocycles. The summed E-state index contributed by atoms with van der Waals surface area (Å²) in [5.41, 5.74) is 6.21. The molecule has 1 atom stereocenters. The molecule has 2 rings (SSSR count). The molecule has 7 heteroatoms. The normalized spacial score (nSPS) is 11.5. The average molecular weight is 349 g/mol. The molecule has 6 nitrogen and oxygen atoms in total. The molecule has 0 bridgehead atoms. The number of rotatable bonds is 6. The third-order valence-electron chi connectivity index (χ3n) is 3.39. The highest BCUT2D eigenvalue weighted by molar-refractivity contribution is 6.32. The van der Waals surface area contributed by atoms with Gasteiger partial charge in [-0.1, -0.05) is 41.9 Å². The van der Waals surface area contributed by atoms with Crippen LogP contribution in [0.15, 0.2) is 42.5 Å². The molecule has 0 spiro atoms. The van der Waals surface area contributed by atoms with Gasteiger partial charge in [-0.2, -0.15) is 0 Å². The molecular weight excluding hydrogens is 332 g/mol. The maximum atomic E-state index is 12.5. The van der Waals surface area contributed by atoms with E-state index in [0.29, 0.717) is 17.1 Å². The van der Waals surface area contributed by atoms with E-state index in [1.54, 1.807) is 30.3 Å². The topological polar surface area (TPSA) is 90.6 Å². The molecule has 0 radical (unpaired) electrons. The predicted molar refractivity (Wildman–Crippen MR) is 90.4 cm³/mol. The van der Waals surface area contributed by atoms with Crippen molar-refractivity contribution in [3.05, 3.63) is 58.6 Å². The lowest BCUT2D eigenvalue weighted by Crippen LogP contribution is -2.37. The first-order valence-corrected chi connectivity index (χ1v) is 7.42. The Labute approximate surface area is 144 Å². The number of halogens is 1. The lowest BCUT2D eigenvalue weighted by molar-refractivity contribution is -0.120. The highest BCUT2D eigenvalue weighted by atomic mass is 35.5. The van der Waals surface area contributed by atoms with Crippen LogP contribution in [0.4, 0.5) is 0 Å². The summed E-state index contributed by atoms with van der Waals surface area (Å²) in [5, 5.41) is 2.82. The van der Waals surface area contributed by atoms with Gasteiger partial charge in [0, 0.05) is 5.56 Å². The lowest BCUT2D eigenvalue weighted by atomic mass is 10.1. The molecule has 0 fully saturated rings. The minimum atomic E-state index is -0.953. The van der Waals surface area contributed by atoms with Gasteiger partial charge in [-0.05, 0) is 17.7 Å². The molecule has 126 valence electrons. The first-order chi connectivity index (χ1) is 11.5. The summed E-state index contributed by atoms with van der Waals surface area (Å²) in [4.78, 5) is 24.2. The number of ether oxygens (including phenoxy) is 2. The molecular formula is C17H17ClN2O4. The third kappa shape index (κ3) is 3.78. The molecule has 3 N–H and O–H groups in total. The minimum absolute atomic E-state index is 0.220. The second-order valence-corrected chi connectivity index (χ2v) is 5.32. The van der Waals surface area contributed by atoms with Crippen LogP contribution in [0.3, 0.4) is 0 Å². The van der Waals surface area contributed by atoms with E-state index in [1.165, 1.54) is 26.4 Å². The van der Waals surface area contributed by atoms with E-state index in [-0.39, 0.29) is 10.6 Å². The predicted octanol–water partition coefficient (Wildman–Crippen LogP) is 2.31. The van der Waals surface area contributed by atoms with E-state index in [1.807, 2.05) is 0 Å². The molecule has 0 aliphatic carbocycles. The Morgan fingerprint density at radius 2 is 1.79 bits per heavy atom. The molecule has 0 aliphatic rings. The number of nitrogens with two attached hydrogens (primary N) is 1. The van der Waals surface area contributed by atoms with Crippen LogP contribution in [-0.4, -0.2) is 26.0 Å². The summed E-state index contributed by atoms with van der Waals surface area (Å²) in [7, 11) is 2.88. The third-order valence-corrected chi connectivity index (χ3v) is 3.67. The quantitative estimate of drug-likeness (QED) is 0.838. The van der Waals surface area contributed by atoms with Crippen molar-refractivity contribution in [3.8, 4) is 11.5 Å². The van der Waals surface area contributed by atoms with E-state index < -0.39 is 17.9 Å². The van der Waals surface area contributed by atoms with Crippen molar-refractivity contribution < 1.29 is 19.1 Å². The van der Waals surface area contributed by atoms with Gasteiger partial charge in [0.15, 0.2) is 11.5 Å². The van der Waals surface area contributed by atoms with Gasteiger partial charge < -0.3 is 20.5 Å². The molecule has 0 unspecified atom stereocenters. The summed E-state index contributed by atoms with van der Waals surface area (Å²) in [6.07, 6.45) is 0. The number of hydrogen-bond donors (Lipinski definition) is 2. The number of hydrogen-bond acceptors (Lipinski definition) is 4. The van der Waals surface area contributed by atoms with Crippen LogP contribution < -0.4 is 20.5 Å².